The molecule has 6 heteroatoms. The van der Waals surface area contributed by atoms with E-state index in [4.69, 9.17) is 5.11 Å². The molecule has 0 saturated carbocycles. The van der Waals surface area contributed by atoms with Crippen molar-refractivity contribution in [2.24, 2.45) is 0 Å². The standard InChI is InChI=1S/C15H26N2O4/c1-2-13(18)16-11-8-12-17-14(19)9-6-4-3-5-7-10-15(20)21/h2H,1,3-12H2,(H,16,18)(H,17,19)(H,20,21). The Kier molecular flexibility index (Phi) is 12.0. The minimum absolute atomic E-state index is 0.0237. The highest BCUT2D eigenvalue weighted by atomic mass is 16.4. The van der Waals surface area contributed by atoms with E-state index in [0.29, 0.717) is 32.4 Å². The average Bonchev–Trinajstić information content (AvgIpc) is 2.45. The number of aliphatic carboxylic acids is 1. The Morgan fingerprint density at radius 1 is 0.857 bits per heavy atom. The molecule has 0 bridgehead atoms. The number of amides is 2. The summed E-state index contributed by atoms with van der Waals surface area (Å²) < 4.78 is 0. The number of hydrogen-bond acceptors (Lipinski definition) is 3. The third-order valence-corrected chi connectivity index (χ3v) is 2.95. The van der Waals surface area contributed by atoms with Gasteiger partial charge < -0.3 is 15.7 Å². The summed E-state index contributed by atoms with van der Waals surface area (Å²) in [5, 5.41) is 13.9. The molecule has 0 rings (SSSR count). The van der Waals surface area contributed by atoms with Gasteiger partial charge in [0.2, 0.25) is 11.8 Å². The number of carboxylic acids is 1. The lowest BCUT2D eigenvalue weighted by Gasteiger charge is -2.05. The summed E-state index contributed by atoms with van der Waals surface area (Å²) in [6, 6.07) is 0. The molecular formula is C15H26N2O4. The summed E-state index contributed by atoms with van der Waals surface area (Å²) in [6.07, 6.45) is 6.98. The average molecular weight is 298 g/mol. The van der Waals surface area contributed by atoms with Gasteiger partial charge in [-0.3, -0.25) is 14.4 Å². The van der Waals surface area contributed by atoms with E-state index in [1.54, 1.807) is 0 Å². The number of carbonyl (C=O) groups excluding carboxylic acids is 2. The molecule has 0 aromatic carbocycles. The van der Waals surface area contributed by atoms with Gasteiger partial charge in [-0.05, 0) is 25.3 Å². The molecular weight excluding hydrogens is 272 g/mol. The molecule has 120 valence electrons. The first-order valence-corrected chi connectivity index (χ1v) is 7.45. The van der Waals surface area contributed by atoms with Crippen LogP contribution < -0.4 is 10.6 Å². The predicted molar refractivity (Wildman–Crippen MR) is 80.8 cm³/mol. The van der Waals surface area contributed by atoms with Gasteiger partial charge in [0.05, 0.1) is 0 Å². The highest BCUT2D eigenvalue weighted by molar-refractivity contribution is 5.86. The Balaban J connectivity index is 3.29. The molecule has 0 aliphatic heterocycles. The summed E-state index contributed by atoms with van der Waals surface area (Å²) in [6.45, 7) is 4.42. The van der Waals surface area contributed by atoms with E-state index in [1.165, 1.54) is 6.08 Å². The second kappa shape index (κ2) is 13.1. The van der Waals surface area contributed by atoms with Crippen molar-refractivity contribution in [1.82, 2.24) is 10.6 Å². The van der Waals surface area contributed by atoms with Crippen molar-refractivity contribution in [3.63, 3.8) is 0 Å². The fourth-order valence-corrected chi connectivity index (χ4v) is 1.78. The molecule has 0 unspecified atom stereocenters. The van der Waals surface area contributed by atoms with Crippen molar-refractivity contribution >= 4 is 17.8 Å². The van der Waals surface area contributed by atoms with E-state index in [9.17, 15) is 14.4 Å². The van der Waals surface area contributed by atoms with E-state index in [2.05, 4.69) is 17.2 Å². The molecule has 0 radical (unpaired) electrons. The summed E-state index contributed by atoms with van der Waals surface area (Å²) in [5.74, 6) is -0.932. The lowest BCUT2D eigenvalue weighted by molar-refractivity contribution is -0.137. The van der Waals surface area contributed by atoms with Gasteiger partial charge in [-0.25, -0.2) is 0 Å². The van der Waals surface area contributed by atoms with Crippen LogP contribution in [-0.4, -0.2) is 36.0 Å². The van der Waals surface area contributed by atoms with Gasteiger partial charge in [0.25, 0.3) is 0 Å². The Bertz CT molecular complexity index is 343. The Hall–Kier alpha value is -1.85. The first-order chi connectivity index (χ1) is 10.1. The van der Waals surface area contributed by atoms with Crippen molar-refractivity contribution < 1.29 is 19.5 Å². The van der Waals surface area contributed by atoms with Crippen LogP contribution in [0.5, 0.6) is 0 Å². The zero-order chi connectivity index (χ0) is 15.9. The van der Waals surface area contributed by atoms with E-state index < -0.39 is 5.97 Å². The predicted octanol–water partition coefficient (Wildman–Crippen LogP) is 1.61. The minimum Gasteiger partial charge on any atom is -0.481 e. The van der Waals surface area contributed by atoms with Gasteiger partial charge in [-0.1, -0.05) is 25.8 Å². The SMILES string of the molecule is C=CC(=O)NCCCNC(=O)CCCCCCCC(=O)O. The largest absolute Gasteiger partial charge is 0.481 e. The Morgan fingerprint density at radius 2 is 1.43 bits per heavy atom. The van der Waals surface area contributed by atoms with Crippen molar-refractivity contribution in [3.05, 3.63) is 12.7 Å². The normalized spacial score (nSPS) is 9.90. The monoisotopic (exact) mass is 298 g/mol. The van der Waals surface area contributed by atoms with Gasteiger partial charge in [0, 0.05) is 25.9 Å². The third-order valence-electron chi connectivity index (χ3n) is 2.95. The second-order valence-electron chi connectivity index (χ2n) is 4.86. The first kappa shape index (κ1) is 19.1. The van der Waals surface area contributed by atoms with Crippen LogP contribution in [0.1, 0.15) is 51.4 Å². The van der Waals surface area contributed by atoms with E-state index in [1.807, 2.05) is 0 Å². The van der Waals surface area contributed by atoms with Crippen molar-refractivity contribution in [3.8, 4) is 0 Å². The van der Waals surface area contributed by atoms with E-state index in [-0.39, 0.29) is 18.2 Å². The molecule has 0 aliphatic carbocycles. The molecule has 21 heavy (non-hydrogen) atoms. The third kappa shape index (κ3) is 14.4. The van der Waals surface area contributed by atoms with Crippen LogP contribution in [0.3, 0.4) is 0 Å². The smallest absolute Gasteiger partial charge is 0.303 e. The molecule has 3 N–H and O–H groups in total. The first-order valence-electron chi connectivity index (χ1n) is 7.45. The number of carbonyl (C=O) groups is 3. The maximum absolute atomic E-state index is 11.5. The van der Waals surface area contributed by atoms with Crippen molar-refractivity contribution in [2.75, 3.05) is 13.1 Å². The molecule has 0 heterocycles. The van der Waals surface area contributed by atoms with Crippen LogP contribution in [0.25, 0.3) is 0 Å². The van der Waals surface area contributed by atoms with E-state index >= 15 is 0 Å². The second-order valence-corrected chi connectivity index (χ2v) is 4.86. The van der Waals surface area contributed by atoms with Gasteiger partial charge >= 0.3 is 5.97 Å². The van der Waals surface area contributed by atoms with Crippen LogP contribution in [-0.2, 0) is 14.4 Å². The van der Waals surface area contributed by atoms with Crippen molar-refractivity contribution in [2.45, 2.75) is 51.4 Å². The molecule has 0 aliphatic rings. The zero-order valence-electron chi connectivity index (χ0n) is 12.5. The fraction of sp³-hybridized carbons (Fsp3) is 0.667. The molecule has 2 amide bonds. The zero-order valence-corrected chi connectivity index (χ0v) is 12.5. The van der Waals surface area contributed by atoms with Crippen LogP contribution in [0.4, 0.5) is 0 Å². The number of unbranched alkanes of at least 4 members (excludes halogenated alkanes) is 4. The van der Waals surface area contributed by atoms with Crippen molar-refractivity contribution in [1.29, 1.82) is 0 Å². The lowest BCUT2D eigenvalue weighted by atomic mass is 10.1. The lowest BCUT2D eigenvalue weighted by Crippen LogP contribution is -2.28. The van der Waals surface area contributed by atoms with E-state index in [0.717, 1.165) is 25.7 Å². The Labute approximate surface area is 126 Å². The molecule has 0 atom stereocenters. The summed E-state index contributed by atoms with van der Waals surface area (Å²) in [5.41, 5.74) is 0. The fourth-order valence-electron chi connectivity index (χ4n) is 1.78. The number of hydrogen-bond donors (Lipinski definition) is 3. The number of rotatable bonds is 13. The highest BCUT2D eigenvalue weighted by Crippen LogP contribution is 2.07. The van der Waals surface area contributed by atoms with Gasteiger partial charge in [0.15, 0.2) is 0 Å². The van der Waals surface area contributed by atoms with Crippen LogP contribution in [0.15, 0.2) is 12.7 Å². The minimum atomic E-state index is -0.751. The molecule has 0 fully saturated rings. The molecule has 0 spiro atoms. The molecule has 0 aromatic rings. The molecule has 0 saturated heterocycles. The highest BCUT2D eigenvalue weighted by Gasteiger charge is 2.01. The van der Waals surface area contributed by atoms with Gasteiger partial charge in [-0.15, -0.1) is 0 Å². The number of nitrogens with one attached hydrogen (secondary N) is 2. The number of carboxylic acid groups (broad SMARTS) is 1. The van der Waals surface area contributed by atoms with Crippen LogP contribution >= 0.6 is 0 Å². The van der Waals surface area contributed by atoms with Gasteiger partial charge in [0.1, 0.15) is 0 Å². The van der Waals surface area contributed by atoms with Crippen LogP contribution in [0.2, 0.25) is 0 Å². The van der Waals surface area contributed by atoms with Crippen LogP contribution in [0, 0.1) is 0 Å². The Morgan fingerprint density at radius 3 is 2.05 bits per heavy atom. The quantitative estimate of drug-likeness (QED) is 0.355. The summed E-state index contributed by atoms with van der Waals surface area (Å²) in [7, 11) is 0. The molecule has 0 aromatic heterocycles. The maximum atomic E-state index is 11.5. The maximum Gasteiger partial charge on any atom is 0.303 e. The van der Waals surface area contributed by atoms with Gasteiger partial charge in [-0.2, -0.15) is 0 Å². The molecule has 6 nitrogen and oxygen atoms in total. The summed E-state index contributed by atoms with van der Waals surface area (Å²) in [4.78, 5) is 32.6. The topological polar surface area (TPSA) is 95.5 Å². The summed E-state index contributed by atoms with van der Waals surface area (Å²) >= 11 is 0.